The van der Waals surface area contributed by atoms with Crippen molar-refractivity contribution in [2.45, 2.75) is 23.6 Å². The van der Waals surface area contributed by atoms with Gasteiger partial charge in [0.25, 0.3) is 5.91 Å². The van der Waals surface area contributed by atoms with Gasteiger partial charge >= 0.3 is 0 Å². The van der Waals surface area contributed by atoms with E-state index in [4.69, 9.17) is 16.3 Å². The normalized spacial score (nSPS) is 22.0. The van der Waals surface area contributed by atoms with Crippen LogP contribution >= 0.6 is 23.4 Å². The third-order valence-corrected chi connectivity index (χ3v) is 7.78. The first-order valence-electron chi connectivity index (χ1n) is 10.3. The van der Waals surface area contributed by atoms with Crippen molar-refractivity contribution in [2.75, 3.05) is 16.9 Å². The summed E-state index contributed by atoms with van der Waals surface area (Å²) in [5.41, 5.74) is 3.13. The molecular weight excluding hydrogens is 444 g/mol. The van der Waals surface area contributed by atoms with Gasteiger partial charge in [-0.25, -0.2) is 0 Å². The van der Waals surface area contributed by atoms with Crippen molar-refractivity contribution >= 4 is 46.6 Å². The molecule has 0 radical (unpaired) electrons. The average Bonchev–Trinajstić information content (AvgIpc) is 3.21. The minimum Gasteiger partial charge on any atom is -0.497 e. The molecule has 5 nitrogen and oxygen atoms in total. The van der Waals surface area contributed by atoms with Crippen molar-refractivity contribution in [3.05, 3.63) is 88.9 Å². The van der Waals surface area contributed by atoms with Gasteiger partial charge in [0, 0.05) is 16.3 Å². The average molecular weight is 465 g/mol. The summed E-state index contributed by atoms with van der Waals surface area (Å²) in [5.74, 6) is 0.452. The van der Waals surface area contributed by atoms with Crippen LogP contribution in [0.5, 0.6) is 5.75 Å². The van der Waals surface area contributed by atoms with Gasteiger partial charge in [-0.3, -0.25) is 14.5 Å². The Balaban J connectivity index is 1.65. The molecule has 0 bridgehead atoms. The number of fused-ring (bicyclic) bond motifs is 2. The lowest BCUT2D eigenvalue weighted by atomic mass is 10.0. The Kier molecular flexibility index (Phi) is 5.14. The van der Waals surface area contributed by atoms with Crippen LogP contribution in [0.25, 0.3) is 0 Å². The summed E-state index contributed by atoms with van der Waals surface area (Å²) in [6.07, 6.45) is 0. The van der Waals surface area contributed by atoms with Gasteiger partial charge in [0.2, 0.25) is 10.8 Å². The predicted molar refractivity (Wildman–Crippen MR) is 128 cm³/mol. The lowest BCUT2D eigenvalue weighted by Crippen LogP contribution is -2.49. The number of nitrogens with zero attached hydrogens (tertiary/aromatic N) is 2. The fourth-order valence-electron chi connectivity index (χ4n) is 4.42. The second-order valence-corrected chi connectivity index (χ2v) is 9.72. The van der Waals surface area contributed by atoms with E-state index in [1.807, 2.05) is 67.6 Å². The molecule has 3 aromatic carbocycles. The van der Waals surface area contributed by atoms with Crippen molar-refractivity contribution in [3.63, 3.8) is 0 Å². The largest absolute Gasteiger partial charge is 0.497 e. The van der Waals surface area contributed by atoms with Crippen LogP contribution in [0.4, 0.5) is 11.4 Å². The summed E-state index contributed by atoms with van der Waals surface area (Å²) >= 11 is 7.80. The molecular formula is C25H21ClN2O3S. The van der Waals surface area contributed by atoms with Gasteiger partial charge < -0.3 is 9.64 Å². The molecule has 0 N–H and O–H groups in total. The minimum absolute atomic E-state index is 0.0945. The maximum absolute atomic E-state index is 14.1. The second kappa shape index (κ2) is 7.87. The molecule has 0 saturated carbocycles. The monoisotopic (exact) mass is 464 g/mol. The zero-order valence-corrected chi connectivity index (χ0v) is 19.2. The summed E-state index contributed by atoms with van der Waals surface area (Å²) in [6, 6.07) is 22.4. The third kappa shape index (κ3) is 3.01. The highest BCUT2D eigenvalue weighted by Gasteiger charge is 2.63. The molecule has 2 aliphatic heterocycles. The summed E-state index contributed by atoms with van der Waals surface area (Å²) in [6.45, 7) is 2.18. The van der Waals surface area contributed by atoms with Gasteiger partial charge in [-0.2, -0.15) is 0 Å². The summed E-state index contributed by atoms with van der Waals surface area (Å²) in [7, 11) is 1.60. The fourth-order valence-corrected chi connectivity index (χ4v) is 6.15. The SMILES string of the molecule is COc1ccc(N2C(=O)C(C)SC23C(=O)N(Cc2ccccc2Cl)c2ccccc23)cc1. The molecule has 2 atom stereocenters. The number of carbonyl (C=O) groups is 2. The van der Waals surface area contributed by atoms with Gasteiger partial charge in [-0.05, 0) is 48.9 Å². The zero-order valence-electron chi connectivity index (χ0n) is 17.6. The maximum atomic E-state index is 14.1. The number of hydrogen-bond donors (Lipinski definition) is 0. The highest BCUT2D eigenvalue weighted by molar-refractivity contribution is 8.03. The van der Waals surface area contributed by atoms with E-state index in [1.165, 1.54) is 11.8 Å². The first kappa shape index (κ1) is 20.9. The quantitative estimate of drug-likeness (QED) is 0.531. The Labute approximate surface area is 195 Å². The number of methoxy groups -OCH3 is 1. The molecule has 1 spiro atoms. The first-order valence-corrected chi connectivity index (χ1v) is 11.5. The molecule has 32 heavy (non-hydrogen) atoms. The Morgan fingerprint density at radius 1 is 1.00 bits per heavy atom. The molecule has 0 aliphatic carbocycles. The van der Waals surface area contributed by atoms with Crippen molar-refractivity contribution in [2.24, 2.45) is 0 Å². The molecule has 0 aromatic heterocycles. The van der Waals surface area contributed by atoms with Gasteiger partial charge in [0.15, 0.2) is 0 Å². The Morgan fingerprint density at radius 2 is 1.69 bits per heavy atom. The number of thioether (sulfide) groups is 1. The smallest absolute Gasteiger partial charge is 0.269 e. The number of ether oxygens (including phenoxy) is 1. The van der Waals surface area contributed by atoms with Crippen molar-refractivity contribution in [1.29, 1.82) is 0 Å². The van der Waals surface area contributed by atoms with E-state index in [9.17, 15) is 9.59 Å². The number of rotatable bonds is 4. The minimum atomic E-state index is -1.16. The van der Waals surface area contributed by atoms with E-state index in [0.29, 0.717) is 23.0 Å². The topological polar surface area (TPSA) is 49.9 Å². The molecule has 2 aliphatic rings. The molecule has 1 saturated heterocycles. The van der Waals surface area contributed by atoms with Crippen LogP contribution in [0, 0.1) is 0 Å². The number of amides is 2. The van der Waals surface area contributed by atoms with Gasteiger partial charge in [-0.1, -0.05) is 48.0 Å². The van der Waals surface area contributed by atoms with E-state index in [2.05, 4.69) is 0 Å². The lowest BCUT2D eigenvalue weighted by Gasteiger charge is -2.33. The molecule has 7 heteroatoms. The summed E-state index contributed by atoms with van der Waals surface area (Å²) in [5, 5.41) is 0.239. The first-order chi connectivity index (χ1) is 15.5. The summed E-state index contributed by atoms with van der Waals surface area (Å²) in [4.78, 5) is 29.7. The summed E-state index contributed by atoms with van der Waals surface area (Å²) < 4.78 is 5.27. The van der Waals surface area contributed by atoms with Gasteiger partial charge in [0.1, 0.15) is 5.75 Å². The standard InChI is InChI=1S/C25H21ClN2O3S/c1-16-23(29)28(18-11-13-19(31-2)14-12-18)25(32-16)20-8-4-6-10-22(20)27(24(25)30)15-17-7-3-5-9-21(17)26/h3-14,16H,15H2,1-2H3. The molecule has 2 amide bonds. The highest BCUT2D eigenvalue weighted by Crippen LogP contribution is 2.58. The van der Waals surface area contributed by atoms with Crippen LogP contribution in [-0.2, 0) is 21.0 Å². The van der Waals surface area contributed by atoms with Gasteiger partial charge in [-0.15, -0.1) is 11.8 Å². The van der Waals surface area contributed by atoms with E-state index in [0.717, 1.165) is 16.8 Å². The molecule has 162 valence electrons. The number of halogens is 1. The number of anilines is 2. The Hall–Kier alpha value is -2.96. The van der Waals surface area contributed by atoms with E-state index < -0.39 is 4.87 Å². The zero-order chi connectivity index (χ0) is 22.5. The van der Waals surface area contributed by atoms with E-state index in [-0.39, 0.29) is 17.1 Å². The van der Waals surface area contributed by atoms with Crippen molar-refractivity contribution in [1.82, 2.24) is 0 Å². The predicted octanol–water partition coefficient (Wildman–Crippen LogP) is 5.22. The van der Waals surface area contributed by atoms with Crippen LogP contribution in [0.15, 0.2) is 72.8 Å². The van der Waals surface area contributed by atoms with Crippen LogP contribution < -0.4 is 14.5 Å². The van der Waals surface area contributed by atoms with Crippen LogP contribution in [0.3, 0.4) is 0 Å². The molecule has 2 unspecified atom stereocenters. The van der Waals surface area contributed by atoms with Crippen LogP contribution in [0.1, 0.15) is 18.1 Å². The third-order valence-electron chi connectivity index (χ3n) is 5.94. The fraction of sp³-hybridized carbons (Fsp3) is 0.200. The molecule has 1 fully saturated rings. The van der Waals surface area contributed by atoms with Crippen molar-refractivity contribution < 1.29 is 14.3 Å². The van der Waals surface area contributed by atoms with E-state index >= 15 is 0 Å². The number of carbonyl (C=O) groups excluding carboxylic acids is 2. The van der Waals surface area contributed by atoms with E-state index in [1.54, 1.807) is 29.0 Å². The maximum Gasteiger partial charge on any atom is 0.269 e. The van der Waals surface area contributed by atoms with Crippen LogP contribution in [0.2, 0.25) is 5.02 Å². The molecule has 3 aromatic rings. The van der Waals surface area contributed by atoms with Crippen molar-refractivity contribution in [3.8, 4) is 5.75 Å². The Bertz CT molecular complexity index is 1220. The number of para-hydroxylation sites is 1. The number of hydrogen-bond acceptors (Lipinski definition) is 4. The second-order valence-electron chi connectivity index (χ2n) is 7.78. The molecule has 2 heterocycles. The lowest BCUT2D eigenvalue weighted by molar-refractivity contribution is -0.124. The number of benzene rings is 3. The Morgan fingerprint density at radius 3 is 2.41 bits per heavy atom. The molecule has 5 rings (SSSR count). The van der Waals surface area contributed by atoms with Gasteiger partial charge in [0.05, 0.1) is 24.6 Å². The van der Waals surface area contributed by atoms with Crippen LogP contribution in [-0.4, -0.2) is 24.2 Å². The highest BCUT2D eigenvalue weighted by atomic mass is 35.5.